The molecule has 0 spiro atoms. The Labute approximate surface area is 223 Å². The minimum Gasteiger partial charge on any atom is -0.444 e. The fraction of sp³-hybridized carbons (Fsp3) is 0.690. The zero-order valence-corrected chi connectivity index (χ0v) is 23.8. The van der Waals surface area contributed by atoms with Gasteiger partial charge in [0.1, 0.15) is 17.7 Å². The van der Waals surface area contributed by atoms with Gasteiger partial charge in [-0.15, -0.1) is 0 Å². The molecule has 0 radical (unpaired) electrons. The molecule has 0 bridgehead atoms. The lowest BCUT2D eigenvalue weighted by atomic mass is 10.0. The topological polar surface area (TPSA) is 108 Å². The Morgan fingerprint density at radius 2 is 1.54 bits per heavy atom. The van der Waals surface area contributed by atoms with E-state index in [1.807, 2.05) is 31.2 Å². The van der Waals surface area contributed by atoms with Crippen molar-refractivity contribution in [3.8, 4) is 0 Å². The average Bonchev–Trinajstić information content (AvgIpc) is 2.83. The van der Waals surface area contributed by atoms with Crippen LogP contribution in [0.25, 0.3) is 0 Å². The Bertz CT molecular complexity index is 820. The molecule has 0 aliphatic heterocycles. The molecule has 1 aromatic rings. The molecule has 0 aromatic heterocycles. The van der Waals surface area contributed by atoms with Crippen LogP contribution in [0.1, 0.15) is 103 Å². The molecule has 210 valence electrons. The van der Waals surface area contributed by atoms with Gasteiger partial charge in [0.15, 0.2) is 0 Å². The van der Waals surface area contributed by atoms with Crippen molar-refractivity contribution in [2.45, 2.75) is 111 Å². The molecule has 0 saturated heterocycles. The number of aryl methyl sites for hydroxylation is 1. The van der Waals surface area contributed by atoms with Gasteiger partial charge in [-0.25, -0.2) is 4.79 Å². The SMILES string of the molecule is CCCCCCCN(C(=O)C(CO)NC(=O)OC(C)(C)C)C(C(=O)NCCCCC)c1ccc(C)cc1. The standard InChI is InChI=1S/C29H49N3O5/c1-7-9-11-12-14-20-32(27(35)24(21-33)31-28(36)37-29(4,5)6)25(23-17-15-22(3)16-18-23)26(34)30-19-13-10-8-2/h15-18,24-25,33H,7-14,19-21H2,1-6H3,(H,30,34)(H,31,36). The fourth-order valence-corrected chi connectivity index (χ4v) is 3.99. The summed E-state index contributed by atoms with van der Waals surface area (Å²) < 4.78 is 5.30. The first-order valence-electron chi connectivity index (χ1n) is 13.8. The predicted molar refractivity (Wildman–Crippen MR) is 147 cm³/mol. The van der Waals surface area contributed by atoms with Crippen molar-refractivity contribution >= 4 is 17.9 Å². The van der Waals surface area contributed by atoms with Crippen molar-refractivity contribution in [3.05, 3.63) is 35.4 Å². The van der Waals surface area contributed by atoms with Crippen LogP contribution in [0.5, 0.6) is 0 Å². The number of alkyl carbamates (subject to hydrolysis) is 1. The molecule has 0 aliphatic carbocycles. The lowest BCUT2D eigenvalue weighted by Gasteiger charge is -2.34. The third-order valence-corrected chi connectivity index (χ3v) is 5.99. The minimum atomic E-state index is -1.23. The number of nitrogens with zero attached hydrogens (tertiary/aromatic N) is 1. The zero-order valence-electron chi connectivity index (χ0n) is 23.8. The molecule has 3 N–H and O–H groups in total. The van der Waals surface area contributed by atoms with Gasteiger partial charge in [0.2, 0.25) is 11.8 Å². The van der Waals surface area contributed by atoms with Gasteiger partial charge >= 0.3 is 6.09 Å². The van der Waals surface area contributed by atoms with Crippen molar-refractivity contribution in [2.24, 2.45) is 0 Å². The number of unbranched alkanes of at least 4 members (excludes halogenated alkanes) is 6. The van der Waals surface area contributed by atoms with Crippen LogP contribution >= 0.6 is 0 Å². The maximum absolute atomic E-state index is 13.8. The maximum atomic E-state index is 13.8. The maximum Gasteiger partial charge on any atom is 0.408 e. The number of hydrogen-bond donors (Lipinski definition) is 3. The van der Waals surface area contributed by atoms with Crippen LogP contribution in [0.15, 0.2) is 24.3 Å². The molecule has 0 aliphatic rings. The number of carbonyl (C=O) groups is 3. The van der Waals surface area contributed by atoms with Crippen molar-refractivity contribution in [1.82, 2.24) is 15.5 Å². The van der Waals surface area contributed by atoms with Gasteiger partial charge < -0.3 is 25.4 Å². The Hall–Kier alpha value is -2.61. The molecule has 0 heterocycles. The number of carbonyl (C=O) groups excluding carboxylic acids is 3. The van der Waals surface area contributed by atoms with Crippen LogP contribution in [0.2, 0.25) is 0 Å². The summed E-state index contributed by atoms with van der Waals surface area (Å²) in [6, 6.07) is 5.44. The van der Waals surface area contributed by atoms with Gasteiger partial charge in [0.05, 0.1) is 6.61 Å². The molecular formula is C29H49N3O5. The minimum absolute atomic E-state index is 0.268. The molecule has 8 nitrogen and oxygen atoms in total. The van der Waals surface area contributed by atoms with E-state index in [1.54, 1.807) is 20.8 Å². The highest BCUT2D eigenvalue weighted by Crippen LogP contribution is 2.24. The Kier molecular flexibility index (Phi) is 14.9. The van der Waals surface area contributed by atoms with E-state index in [9.17, 15) is 19.5 Å². The van der Waals surface area contributed by atoms with Crippen LogP contribution in [0, 0.1) is 6.92 Å². The highest BCUT2D eigenvalue weighted by molar-refractivity contribution is 5.92. The highest BCUT2D eigenvalue weighted by atomic mass is 16.6. The van der Waals surface area contributed by atoms with E-state index in [-0.39, 0.29) is 5.91 Å². The van der Waals surface area contributed by atoms with E-state index >= 15 is 0 Å². The van der Waals surface area contributed by atoms with Gasteiger partial charge in [-0.05, 0) is 46.1 Å². The Morgan fingerprint density at radius 1 is 0.946 bits per heavy atom. The number of aliphatic hydroxyl groups excluding tert-OH is 1. The van der Waals surface area contributed by atoms with Crippen LogP contribution in [-0.4, -0.2) is 59.3 Å². The van der Waals surface area contributed by atoms with Gasteiger partial charge in [0, 0.05) is 13.1 Å². The molecule has 0 saturated carbocycles. The zero-order chi connectivity index (χ0) is 27.8. The fourth-order valence-electron chi connectivity index (χ4n) is 3.99. The molecule has 2 atom stereocenters. The lowest BCUT2D eigenvalue weighted by Crippen LogP contribution is -2.54. The monoisotopic (exact) mass is 519 g/mol. The molecule has 0 fully saturated rings. The third kappa shape index (κ3) is 12.5. The van der Waals surface area contributed by atoms with Crippen LogP contribution in [0.4, 0.5) is 4.79 Å². The van der Waals surface area contributed by atoms with E-state index in [2.05, 4.69) is 24.5 Å². The second-order valence-electron chi connectivity index (χ2n) is 10.6. The summed E-state index contributed by atoms with van der Waals surface area (Å²) >= 11 is 0. The molecule has 37 heavy (non-hydrogen) atoms. The Morgan fingerprint density at radius 3 is 2.11 bits per heavy atom. The number of hydrogen-bond acceptors (Lipinski definition) is 5. The van der Waals surface area contributed by atoms with Crippen molar-refractivity contribution in [3.63, 3.8) is 0 Å². The first-order valence-corrected chi connectivity index (χ1v) is 13.8. The summed E-state index contributed by atoms with van der Waals surface area (Å²) in [6.07, 6.45) is 6.97. The van der Waals surface area contributed by atoms with E-state index in [1.165, 1.54) is 4.90 Å². The summed E-state index contributed by atoms with van der Waals surface area (Å²) in [5.41, 5.74) is 0.979. The number of rotatable bonds is 16. The molecular weight excluding hydrogens is 470 g/mol. The average molecular weight is 520 g/mol. The van der Waals surface area contributed by atoms with Crippen LogP contribution < -0.4 is 10.6 Å². The van der Waals surface area contributed by atoms with Gasteiger partial charge in [0.25, 0.3) is 0 Å². The predicted octanol–water partition coefficient (Wildman–Crippen LogP) is 5.03. The van der Waals surface area contributed by atoms with Gasteiger partial charge in [-0.2, -0.15) is 0 Å². The second-order valence-corrected chi connectivity index (χ2v) is 10.6. The van der Waals surface area contributed by atoms with Gasteiger partial charge in [-0.1, -0.05) is 82.2 Å². The van der Waals surface area contributed by atoms with E-state index in [0.29, 0.717) is 25.1 Å². The second kappa shape index (κ2) is 17.0. The summed E-state index contributed by atoms with van der Waals surface area (Å²) in [6.45, 7) is 11.6. The van der Waals surface area contributed by atoms with Crippen molar-refractivity contribution in [1.29, 1.82) is 0 Å². The number of aliphatic hydroxyl groups is 1. The normalized spacial score (nSPS) is 12.9. The molecule has 1 aromatic carbocycles. The van der Waals surface area contributed by atoms with Crippen LogP contribution in [0.3, 0.4) is 0 Å². The smallest absolute Gasteiger partial charge is 0.408 e. The van der Waals surface area contributed by atoms with E-state index in [0.717, 1.165) is 50.5 Å². The molecule has 3 amide bonds. The van der Waals surface area contributed by atoms with Crippen LogP contribution in [-0.2, 0) is 14.3 Å². The number of nitrogens with one attached hydrogen (secondary N) is 2. The van der Waals surface area contributed by atoms with Gasteiger partial charge in [-0.3, -0.25) is 9.59 Å². The number of ether oxygens (including phenoxy) is 1. The lowest BCUT2D eigenvalue weighted by molar-refractivity contribution is -0.143. The molecule has 1 rings (SSSR count). The van der Waals surface area contributed by atoms with E-state index < -0.39 is 36.3 Å². The number of benzene rings is 1. The summed E-state index contributed by atoms with van der Waals surface area (Å²) in [7, 11) is 0. The molecule has 8 heteroatoms. The van der Waals surface area contributed by atoms with E-state index in [4.69, 9.17) is 4.74 Å². The Balaban J connectivity index is 3.28. The molecule has 2 unspecified atom stereocenters. The summed E-state index contributed by atoms with van der Waals surface area (Å²) in [5.74, 6) is -0.783. The van der Waals surface area contributed by atoms with Crippen molar-refractivity contribution < 1.29 is 24.2 Å². The third-order valence-electron chi connectivity index (χ3n) is 5.99. The first kappa shape index (κ1) is 32.4. The summed E-state index contributed by atoms with van der Waals surface area (Å²) in [5, 5.41) is 15.5. The van der Waals surface area contributed by atoms with Crippen molar-refractivity contribution in [2.75, 3.05) is 19.7 Å². The largest absolute Gasteiger partial charge is 0.444 e. The summed E-state index contributed by atoms with van der Waals surface area (Å²) in [4.78, 5) is 41.2. The highest BCUT2D eigenvalue weighted by Gasteiger charge is 2.35. The number of amides is 3. The quantitative estimate of drug-likeness (QED) is 0.266. The first-order chi connectivity index (χ1) is 17.5.